The van der Waals surface area contributed by atoms with Crippen LogP contribution in [0.4, 0.5) is 0 Å². The summed E-state index contributed by atoms with van der Waals surface area (Å²) in [4.78, 5) is 16.3. The lowest BCUT2D eigenvalue weighted by Gasteiger charge is -2.37. The van der Waals surface area contributed by atoms with E-state index in [2.05, 4.69) is 10.1 Å². The van der Waals surface area contributed by atoms with Crippen LogP contribution in [0.3, 0.4) is 0 Å². The molecule has 2 aliphatic carbocycles. The van der Waals surface area contributed by atoms with Crippen LogP contribution in [0.15, 0.2) is 4.52 Å². The smallest absolute Gasteiger partial charge is 0.227 e. The molecule has 2 aliphatic rings. The molecule has 0 bridgehead atoms. The predicted octanol–water partition coefficient (Wildman–Crippen LogP) is 2.40. The number of nitrogens with zero attached hydrogens (tertiary/aromatic N) is 2. The van der Waals surface area contributed by atoms with E-state index in [1.165, 1.54) is 0 Å². The molecule has 104 valence electrons. The summed E-state index contributed by atoms with van der Waals surface area (Å²) < 4.78 is 10.8. The zero-order valence-corrected chi connectivity index (χ0v) is 11.4. The number of methoxy groups -OCH3 is 1. The van der Waals surface area contributed by atoms with Crippen LogP contribution in [0.2, 0.25) is 0 Å². The number of ketones is 1. The SMILES string of the molecule is COC1(c2noc(CC3CCCCC3=O)n2)CCC1. The summed E-state index contributed by atoms with van der Waals surface area (Å²) in [6.07, 6.45) is 7.43. The lowest BCUT2D eigenvalue weighted by atomic mass is 9.79. The normalized spacial score (nSPS) is 26.2. The van der Waals surface area contributed by atoms with Crippen LogP contribution < -0.4 is 0 Å². The summed E-state index contributed by atoms with van der Waals surface area (Å²) in [5.74, 6) is 1.65. The third-order valence-corrected chi connectivity index (χ3v) is 4.53. The number of hydrogen-bond acceptors (Lipinski definition) is 5. The van der Waals surface area contributed by atoms with Crippen LogP contribution in [0.25, 0.3) is 0 Å². The van der Waals surface area contributed by atoms with E-state index in [1.807, 2.05) is 0 Å². The molecule has 1 unspecified atom stereocenters. The van der Waals surface area contributed by atoms with Gasteiger partial charge in [-0.2, -0.15) is 4.98 Å². The molecule has 5 heteroatoms. The molecule has 1 atom stereocenters. The van der Waals surface area contributed by atoms with Crippen molar-refractivity contribution >= 4 is 5.78 Å². The van der Waals surface area contributed by atoms with Crippen molar-refractivity contribution in [1.82, 2.24) is 10.1 Å². The zero-order valence-electron chi connectivity index (χ0n) is 11.4. The maximum atomic E-state index is 11.8. The minimum atomic E-state index is -0.335. The molecule has 5 nitrogen and oxygen atoms in total. The number of ether oxygens (including phenoxy) is 1. The first-order valence-electron chi connectivity index (χ1n) is 7.14. The third-order valence-electron chi connectivity index (χ3n) is 4.53. The summed E-state index contributed by atoms with van der Waals surface area (Å²) in [6.45, 7) is 0. The van der Waals surface area contributed by atoms with Crippen molar-refractivity contribution < 1.29 is 14.1 Å². The summed E-state index contributed by atoms with van der Waals surface area (Å²) in [5, 5.41) is 4.05. The molecule has 0 radical (unpaired) electrons. The van der Waals surface area contributed by atoms with Gasteiger partial charge >= 0.3 is 0 Å². The second-order valence-corrected chi connectivity index (χ2v) is 5.68. The Morgan fingerprint density at radius 2 is 2.21 bits per heavy atom. The quantitative estimate of drug-likeness (QED) is 0.835. The zero-order chi connectivity index (χ0) is 13.3. The van der Waals surface area contributed by atoms with Gasteiger partial charge in [-0.3, -0.25) is 4.79 Å². The van der Waals surface area contributed by atoms with Crippen LogP contribution in [0.5, 0.6) is 0 Å². The molecular weight excluding hydrogens is 244 g/mol. The van der Waals surface area contributed by atoms with Gasteiger partial charge in [-0.15, -0.1) is 0 Å². The minimum absolute atomic E-state index is 0.0712. The Bertz CT molecular complexity index is 460. The topological polar surface area (TPSA) is 65.2 Å². The van der Waals surface area contributed by atoms with Gasteiger partial charge in [-0.25, -0.2) is 0 Å². The first-order chi connectivity index (χ1) is 9.23. The van der Waals surface area contributed by atoms with Gasteiger partial charge in [0, 0.05) is 25.9 Å². The van der Waals surface area contributed by atoms with E-state index in [4.69, 9.17) is 9.26 Å². The monoisotopic (exact) mass is 264 g/mol. The van der Waals surface area contributed by atoms with E-state index in [-0.39, 0.29) is 11.5 Å². The molecule has 2 saturated carbocycles. The molecule has 1 heterocycles. The standard InChI is InChI=1S/C14H20N2O3/c1-18-14(7-4-8-14)13-15-12(19-16-13)9-10-5-2-3-6-11(10)17/h10H,2-9H2,1H3. The van der Waals surface area contributed by atoms with Crippen LogP contribution in [-0.4, -0.2) is 23.0 Å². The van der Waals surface area contributed by atoms with E-state index in [9.17, 15) is 4.79 Å². The molecule has 3 rings (SSSR count). The Kier molecular flexibility index (Phi) is 3.39. The highest BCUT2D eigenvalue weighted by Gasteiger charge is 2.43. The van der Waals surface area contributed by atoms with Gasteiger partial charge in [0.05, 0.1) is 0 Å². The maximum Gasteiger partial charge on any atom is 0.227 e. The number of aromatic nitrogens is 2. The van der Waals surface area contributed by atoms with Crippen LogP contribution >= 0.6 is 0 Å². The molecule has 0 spiro atoms. The molecule has 0 N–H and O–H groups in total. The van der Waals surface area contributed by atoms with Gasteiger partial charge in [-0.05, 0) is 32.1 Å². The first-order valence-corrected chi connectivity index (χ1v) is 7.14. The number of carbonyl (C=O) groups is 1. The summed E-state index contributed by atoms with van der Waals surface area (Å²) in [7, 11) is 1.69. The van der Waals surface area contributed by atoms with Gasteiger partial charge in [0.1, 0.15) is 11.4 Å². The maximum absolute atomic E-state index is 11.8. The summed E-state index contributed by atoms with van der Waals surface area (Å²) in [5.41, 5.74) is -0.335. The molecule has 0 saturated heterocycles. The van der Waals surface area contributed by atoms with Crippen molar-refractivity contribution in [3.8, 4) is 0 Å². The largest absolute Gasteiger partial charge is 0.370 e. The number of Topliss-reactive ketones (excluding diaryl/α,β-unsaturated/α-hetero) is 1. The van der Waals surface area contributed by atoms with E-state index in [0.29, 0.717) is 30.3 Å². The Balaban J connectivity index is 1.69. The number of carbonyl (C=O) groups excluding carboxylic acids is 1. The van der Waals surface area contributed by atoms with Gasteiger partial charge in [0.2, 0.25) is 11.7 Å². The van der Waals surface area contributed by atoms with Crippen molar-refractivity contribution in [3.05, 3.63) is 11.7 Å². The summed E-state index contributed by atoms with van der Waals surface area (Å²) >= 11 is 0. The van der Waals surface area contributed by atoms with Crippen molar-refractivity contribution in [2.24, 2.45) is 5.92 Å². The molecule has 1 aromatic rings. The average Bonchev–Trinajstić information content (AvgIpc) is 2.81. The first kappa shape index (κ1) is 12.8. The van der Waals surface area contributed by atoms with Crippen molar-refractivity contribution in [2.75, 3.05) is 7.11 Å². The third kappa shape index (κ3) is 2.31. The molecule has 0 amide bonds. The lowest BCUT2D eigenvalue weighted by Crippen LogP contribution is -2.37. The fourth-order valence-electron chi connectivity index (χ4n) is 3.02. The van der Waals surface area contributed by atoms with Gasteiger partial charge in [-0.1, -0.05) is 11.6 Å². The molecule has 2 fully saturated rings. The second-order valence-electron chi connectivity index (χ2n) is 5.68. The van der Waals surface area contributed by atoms with Gasteiger partial charge in [0.15, 0.2) is 0 Å². The van der Waals surface area contributed by atoms with E-state index >= 15 is 0 Å². The van der Waals surface area contributed by atoms with Crippen molar-refractivity contribution in [1.29, 1.82) is 0 Å². The minimum Gasteiger partial charge on any atom is -0.370 e. The molecular formula is C14H20N2O3. The van der Waals surface area contributed by atoms with Crippen LogP contribution in [0.1, 0.15) is 56.7 Å². The molecule has 0 aromatic carbocycles. The summed E-state index contributed by atoms with van der Waals surface area (Å²) in [6, 6.07) is 0. The van der Waals surface area contributed by atoms with E-state index in [1.54, 1.807) is 7.11 Å². The predicted molar refractivity (Wildman–Crippen MR) is 67.5 cm³/mol. The highest BCUT2D eigenvalue weighted by molar-refractivity contribution is 5.81. The Labute approximate surface area is 112 Å². The van der Waals surface area contributed by atoms with Crippen LogP contribution in [0, 0.1) is 5.92 Å². The van der Waals surface area contributed by atoms with E-state index in [0.717, 1.165) is 38.5 Å². The van der Waals surface area contributed by atoms with Crippen LogP contribution in [-0.2, 0) is 21.6 Å². The molecule has 1 aromatic heterocycles. The fourth-order valence-corrected chi connectivity index (χ4v) is 3.02. The molecule has 19 heavy (non-hydrogen) atoms. The van der Waals surface area contributed by atoms with E-state index < -0.39 is 0 Å². The Morgan fingerprint density at radius 3 is 2.84 bits per heavy atom. The van der Waals surface area contributed by atoms with Gasteiger partial charge < -0.3 is 9.26 Å². The van der Waals surface area contributed by atoms with Crippen molar-refractivity contribution in [2.45, 2.75) is 57.0 Å². The highest BCUT2D eigenvalue weighted by atomic mass is 16.5. The number of rotatable bonds is 4. The Morgan fingerprint density at radius 1 is 1.37 bits per heavy atom. The lowest BCUT2D eigenvalue weighted by molar-refractivity contribution is -0.124. The van der Waals surface area contributed by atoms with Crippen molar-refractivity contribution in [3.63, 3.8) is 0 Å². The molecule has 0 aliphatic heterocycles. The fraction of sp³-hybridized carbons (Fsp3) is 0.786. The number of hydrogen-bond donors (Lipinski definition) is 0. The van der Waals surface area contributed by atoms with Gasteiger partial charge in [0.25, 0.3) is 0 Å². The second kappa shape index (κ2) is 5.04. The highest BCUT2D eigenvalue weighted by Crippen LogP contribution is 2.42. The average molecular weight is 264 g/mol. The Hall–Kier alpha value is -1.23.